The van der Waals surface area contributed by atoms with E-state index in [1.807, 2.05) is 6.07 Å². The molecule has 10 heteroatoms. The number of anilines is 1. The van der Waals surface area contributed by atoms with E-state index in [-0.39, 0.29) is 12.5 Å². The molecule has 0 radical (unpaired) electrons. The number of methoxy groups -OCH3 is 1. The molecule has 1 N–H and O–H groups in total. The van der Waals surface area contributed by atoms with Crippen LogP contribution in [0.5, 0.6) is 5.75 Å². The van der Waals surface area contributed by atoms with Gasteiger partial charge in [-0.15, -0.1) is 0 Å². The van der Waals surface area contributed by atoms with Crippen molar-refractivity contribution in [1.29, 1.82) is 0 Å². The first-order valence-electron chi connectivity index (χ1n) is 10.00. The summed E-state index contributed by atoms with van der Waals surface area (Å²) in [5.41, 5.74) is 1.14. The molecule has 0 aromatic heterocycles. The molecule has 2 rings (SSSR count). The van der Waals surface area contributed by atoms with Gasteiger partial charge in [-0.1, -0.05) is 12.1 Å². The predicted octanol–water partition coefficient (Wildman–Crippen LogP) is 2.62. The Labute approximate surface area is 203 Å². The van der Waals surface area contributed by atoms with Crippen LogP contribution in [0, 0.1) is 3.57 Å². The molecule has 0 aliphatic carbocycles. The van der Waals surface area contributed by atoms with Crippen LogP contribution in [0.4, 0.5) is 5.69 Å². The highest BCUT2D eigenvalue weighted by atomic mass is 127. The molecule has 32 heavy (non-hydrogen) atoms. The largest absolute Gasteiger partial charge is 0.497 e. The minimum Gasteiger partial charge on any atom is -0.497 e. The number of likely N-dealkylation sites (N-methyl/N-ethyl adjacent to an activating group) is 1. The molecule has 1 atom stereocenters. The van der Waals surface area contributed by atoms with E-state index < -0.39 is 28.5 Å². The average Bonchev–Trinajstić information content (AvgIpc) is 2.75. The van der Waals surface area contributed by atoms with Gasteiger partial charge in [-0.05, 0) is 78.4 Å². The normalized spacial score (nSPS) is 12.0. The molecule has 2 aromatic carbocycles. The molecular formula is C22H28IN3O5S. The summed E-state index contributed by atoms with van der Waals surface area (Å²) in [5.74, 6) is -0.184. The summed E-state index contributed by atoms with van der Waals surface area (Å²) >= 11 is 2.12. The molecule has 0 aliphatic rings. The molecule has 0 unspecified atom stereocenters. The first-order chi connectivity index (χ1) is 15.1. The Morgan fingerprint density at radius 1 is 1.16 bits per heavy atom. The minimum atomic E-state index is -3.74. The number of hydrogen-bond acceptors (Lipinski definition) is 5. The first-order valence-corrected chi connectivity index (χ1v) is 12.9. The molecule has 0 saturated carbocycles. The van der Waals surface area contributed by atoms with E-state index in [0.717, 1.165) is 19.7 Å². The minimum absolute atomic E-state index is 0.124. The zero-order valence-electron chi connectivity index (χ0n) is 18.5. The fourth-order valence-corrected chi connectivity index (χ4v) is 4.30. The third-order valence-corrected chi connectivity index (χ3v) is 6.66. The van der Waals surface area contributed by atoms with Crippen LogP contribution < -0.4 is 14.4 Å². The third-order valence-electron chi connectivity index (χ3n) is 4.80. The van der Waals surface area contributed by atoms with E-state index in [2.05, 4.69) is 27.9 Å². The summed E-state index contributed by atoms with van der Waals surface area (Å²) in [7, 11) is -2.19. The number of benzene rings is 2. The van der Waals surface area contributed by atoms with E-state index in [4.69, 9.17) is 4.74 Å². The average molecular weight is 573 g/mol. The lowest BCUT2D eigenvalue weighted by Crippen LogP contribution is -2.51. The van der Waals surface area contributed by atoms with Gasteiger partial charge in [-0.25, -0.2) is 8.42 Å². The standard InChI is InChI=1S/C22H28IN3O5S/c1-5-24-22(28)16(2)25(14-17-7-6-8-20(13-17)31-3)21(27)15-26(32(4,29)30)19-11-9-18(23)10-12-19/h6-13,16H,5,14-15H2,1-4H3,(H,24,28)/t16-/m0/s1. The van der Waals surface area contributed by atoms with Gasteiger partial charge in [0, 0.05) is 16.7 Å². The van der Waals surface area contributed by atoms with Crippen LogP contribution in [0.2, 0.25) is 0 Å². The van der Waals surface area contributed by atoms with Crippen molar-refractivity contribution in [1.82, 2.24) is 10.2 Å². The summed E-state index contributed by atoms with van der Waals surface area (Å²) in [6.45, 7) is 3.54. The highest BCUT2D eigenvalue weighted by molar-refractivity contribution is 14.1. The Morgan fingerprint density at radius 2 is 1.81 bits per heavy atom. The zero-order chi connectivity index (χ0) is 23.9. The maximum absolute atomic E-state index is 13.4. The topological polar surface area (TPSA) is 96.0 Å². The Hall–Kier alpha value is -2.34. The molecular weight excluding hydrogens is 545 g/mol. The number of ether oxygens (including phenoxy) is 1. The van der Waals surface area contributed by atoms with Crippen LogP contribution in [0.3, 0.4) is 0 Å². The maximum atomic E-state index is 13.4. The predicted molar refractivity (Wildman–Crippen MR) is 133 cm³/mol. The van der Waals surface area contributed by atoms with Crippen molar-refractivity contribution >= 4 is 50.1 Å². The second-order valence-electron chi connectivity index (χ2n) is 7.19. The Morgan fingerprint density at radius 3 is 2.38 bits per heavy atom. The molecule has 174 valence electrons. The van der Waals surface area contributed by atoms with Crippen LogP contribution in [-0.4, -0.2) is 57.6 Å². The third kappa shape index (κ3) is 7.09. The Bertz CT molecular complexity index is 1040. The van der Waals surface area contributed by atoms with Crippen molar-refractivity contribution < 1.29 is 22.7 Å². The van der Waals surface area contributed by atoms with Gasteiger partial charge < -0.3 is 15.0 Å². The number of amides is 2. The molecule has 8 nitrogen and oxygen atoms in total. The van der Waals surface area contributed by atoms with Gasteiger partial charge in [0.05, 0.1) is 19.1 Å². The summed E-state index contributed by atoms with van der Waals surface area (Å²) in [5, 5.41) is 2.72. The SMILES string of the molecule is CCNC(=O)[C@H](C)N(Cc1cccc(OC)c1)C(=O)CN(c1ccc(I)cc1)S(C)(=O)=O. The zero-order valence-corrected chi connectivity index (χ0v) is 21.5. The van der Waals surface area contributed by atoms with E-state index in [9.17, 15) is 18.0 Å². The van der Waals surface area contributed by atoms with Crippen LogP contribution in [0.1, 0.15) is 19.4 Å². The van der Waals surface area contributed by atoms with E-state index in [1.165, 1.54) is 4.90 Å². The number of nitrogens with one attached hydrogen (secondary N) is 1. The first kappa shape index (κ1) is 25.9. The smallest absolute Gasteiger partial charge is 0.244 e. The van der Waals surface area contributed by atoms with E-state index in [1.54, 1.807) is 63.4 Å². The van der Waals surface area contributed by atoms with E-state index >= 15 is 0 Å². The highest BCUT2D eigenvalue weighted by Gasteiger charge is 2.29. The lowest BCUT2D eigenvalue weighted by Gasteiger charge is -2.31. The highest BCUT2D eigenvalue weighted by Crippen LogP contribution is 2.21. The number of nitrogens with zero attached hydrogens (tertiary/aromatic N) is 2. The monoisotopic (exact) mass is 573 g/mol. The summed E-state index contributed by atoms with van der Waals surface area (Å²) in [4.78, 5) is 27.3. The molecule has 0 bridgehead atoms. The number of hydrogen-bond donors (Lipinski definition) is 1. The lowest BCUT2D eigenvalue weighted by molar-refractivity contribution is -0.139. The van der Waals surface area contributed by atoms with Gasteiger partial charge >= 0.3 is 0 Å². The van der Waals surface area contributed by atoms with Crippen molar-refractivity contribution in [2.75, 3.05) is 30.8 Å². The van der Waals surface area contributed by atoms with Gasteiger partial charge in [-0.3, -0.25) is 13.9 Å². The van der Waals surface area contributed by atoms with Crippen molar-refractivity contribution in [2.45, 2.75) is 26.4 Å². The van der Waals surface area contributed by atoms with Crippen LogP contribution in [0.25, 0.3) is 0 Å². The molecule has 0 heterocycles. The summed E-state index contributed by atoms with van der Waals surface area (Å²) in [6, 6.07) is 13.2. The molecule has 0 spiro atoms. The van der Waals surface area contributed by atoms with Gasteiger partial charge in [0.15, 0.2) is 0 Å². The van der Waals surface area contributed by atoms with Gasteiger partial charge in [0.25, 0.3) is 0 Å². The van der Waals surface area contributed by atoms with Crippen molar-refractivity contribution in [3.05, 3.63) is 57.7 Å². The number of carbonyl (C=O) groups excluding carboxylic acids is 2. The number of halogens is 1. The summed E-state index contributed by atoms with van der Waals surface area (Å²) in [6.07, 6.45) is 1.05. The second kappa shape index (κ2) is 11.5. The molecule has 2 amide bonds. The van der Waals surface area contributed by atoms with Gasteiger partial charge in [-0.2, -0.15) is 0 Å². The quantitative estimate of drug-likeness (QED) is 0.441. The van der Waals surface area contributed by atoms with Crippen molar-refractivity contribution in [3.8, 4) is 5.75 Å². The van der Waals surface area contributed by atoms with Crippen molar-refractivity contribution in [3.63, 3.8) is 0 Å². The van der Waals surface area contributed by atoms with Gasteiger partial charge in [0.2, 0.25) is 21.8 Å². The van der Waals surface area contributed by atoms with E-state index in [0.29, 0.717) is 18.0 Å². The Kier molecular flexibility index (Phi) is 9.32. The second-order valence-corrected chi connectivity index (χ2v) is 10.3. The Balaban J connectivity index is 2.38. The number of rotatable bonds is 10. The van der Waals surface area contributed by atoms with Crippen LogP contribution >= 0.6 is 22.6 Å². The molecule has 0 aliphatic heterocycles. The molecule has 0 saturated heterocycles. The maximum Gasteiger partial charge on any atom is 0.244 e. The fourth-order valence-electron chi connectivity index (χ4n) is 3.09. The van der Waals surface area contributed by atoms with Crippen LogP contribution in [0.15, 0.2) is 48.5 Å². The lowest BCUT2D eigenvalue weighted by atomic mass is 10.1. The van der Waals surface area contributed by atoms with Gasteiger partial charge in [0.1, 0.15) is 18.3 Å². The number of sulfonamides is 1. The summed E-state index contributed by atoms with van der Waals surface area (Å²) < 4.78 is 32.2. The molecule has 2 aromatic rings. The number of carbonyl (C=O) groups is 2. The fraction of sp³-hybridized carbons (Fsp3) is 0.364. The van der Waals surface area contributed by atoms with Crippen LogP contribution in [-0.2, 0) is 26.2 Å². The molecule has 0 fully saturated rings. The van der Waals surface area contributed by atoms with Crippen molar-refractivity contribution in [2.24, 2.45) is 0 Å².